The van der Waals surface area contributed by atoms with Crippen molar-refractivity contribution in [1.82, 2.24) is 4.90 Å². The van der Waals surface area contributed by atoms with Crippen molar-refractivity contribution in [2.45, 2.75) is 32.8 Å². The second-order valence-electron chi connectivity index (χ2n) is 5.68. The van der Waals surface area contributed by atoms with Crippen molar-refractivity contribution < 1.29 is 9.53 Å². The third kappa shape index (κ3) is 3.98. The van der Waals surface area contributed by atoms with Gasteiger partial charge < -0.3 is 10.1 Å². The van der Waals surface area contributed by atoms with Crippen LogP contribution < -0.4 is 5.32 Å². The van der Waals surface area contributed by atoms with Crippen LogP contribution in [0.5, 0.6) is 0 Å². The lowest BCUT2D eigenvalue weighted by Gasteiger charge is -2.30. The summed E-state index contributed by atoms with van der Waals surface area (Å²) in [6.45, 7) is 6.91. The van der Waals surface area contributed by atoms with Crippen LogP contribution in [0, 0.1) is 0 Å². The summed E-state index contributed by atoms with van der Waals surface area (Å²) in [7, 11) is 0. The van der Waals surface area contributed by atoms with Crippen molar-refractivity contribution in [2.75, 3.05) is 18.4 Å². The minimum absolute atomic E-state index is 0.362. The lowest BCUT2D eigenvalue weighted by atomic mass is 10.2. The number of hydrogen-bond donors (Lipinski definition) is 1. The van der Waals surface area contributed by atoms with Gasteiger partial charge in [-0.05, 0) is 39.3 Å². The number of anilines is 1. The highest BCUT2D eigenvalue weighted by Gasteiger charge is 2.27. The Labute approximate surface area is 119 Å². The fourth-order valence-electron chi connectivity index (χ4n) is 1.86. The molecule has 20 heavy (non-hydrogen) atoms. The van der Waals surface area contributed by atoms with Crippen LogP contribution in [0.25, 0.3) is 0 Å². The molecule has 0 spiro atoms. The molecule has 0 unspecified atom stereocenters. The maximum atomic E-state index is 12.2. The first kappa shape index (κ1) is 14.4. The number of hydrogen-bond acceptors (Lipinski definition) is 4. The third-order valence-electron chi connectivity index (χ3n) is 2.70. The Balaban J connectivity index is 2.09. The van der Waals surface area contributed by atoms with Gasteiger partial charge in [0.2, 0.25) is 5.96 Å². The molecular weight excluding hydrogens is 254 g/mol. The van der Waals surface area contributed by atoms with Crippen LogP contribution in [0.1, 0.15) is 27.2 Å². The second kappa shape index (κ2) is 5.94. The van der Waals surface area contributed by atoms with Gasteiger partial charge in [-0.25, -0.2) is 9.69 Å². The van der Waals surface area contributed by atoms with E-state index in [0.29, 0.717) is 19.0 Å². The van der Waals surface area contributed by atoms with Crippen LogP contribution in [0.4, 0.5) is 10.5 Å². The SMILES string of the molecule is CC(C)(C)OC(=O)N1CCCN=C1Nc1ccccc1. The Morgan fingerprint density at radius 3 is 2.65 bits per heavy atom. The molecule has 1 aliphatic rings. The molecule has 1 N–H and O–H groups in total. The number of nitrogens with one attached hydrogen (secondary N) is 1. The highest BCUT2D eigenvalue weighted by molar-refractivity contribution is 6.02. The van der Waals surface area contributed by atoms with Crippen LogP contribution in [-0.2, 0) is 4.74 Å². The first-order valence-corrected chi connectivity index (χ1v) is 6.83. The summed E-state index contributed by atoms with van der Waals surface area (Å²) in [5.74, 6) is 0.552. The van der Waals surface area contributed by atoms with Crippen LogP contribution >= 0.6 is 0 Å². The van der Waals surface area contributed by atoms with E-state index in [4.69, 9.17) is 4.74 Å². The molecule has 2 rings (SSSR count). The van der Waals surface area contributed by atoms with Crippen LogP contribution in [0.3, 0.4) is 0 Å². The normalized spacial score (nSPS) is 15.6. The van der Waals surface area contributed by atoms with E-state index in [2.05, 4.69) is 10.3 Å². The number of ether oxygens (including phenoxy) is 1. The smallest absolute Gasteiger partial charge is 0.417 e. The van der Waals surface area contributed by atoms with E-state index >= 15 is 0 Å². The van der Waals surface area contributed by atoms with Crippen molar-refractivity contribution in [3.8, 4) is 0 Å². The highest BCUT2D eigenvalue weighted by Crippen LogP contribution is 2.14. The van der Waals surface area contributed by atoms with Gasteiger partial charge in [0.25, 0.3) is 0 Å². The van der Waals surface area contributed by atoms with Crippen molar-refractivity contribution in [3.63, 3.8) is 0 Å². The maximum absolute atomic E-state index is 12.2. The molecule has 1 aliphatic heterocycles. The zero-order valence-electron chi connectivity index (χ0n) is 12.2. The van der Waals surface area contributed by atoms with E-state index in [-0.39, 0.29) is 6.09 Å². The number of carbonyl (C=O) groups is 1. The summed E-state index contributed by atoms with van der Waals surface area (Å²) < 4.78 is 5.41. The molecule has 1 aromatic carbocycles. The number of rotatable bonds is 1. The van der Waals surface area contributed by atoms with Gasteiger partial charge in [-0.3, -0.25) is 4.99 Å². The third-order valence-corrected chi connectivity index (χ3v) is 2.70. The monoisotopic (exact) mass is 275 g/mol. The van der Waals surface area contributed by atoms with Crippen molar-refractivity contribution >= 4 is 17.7 Å². The Kier molecular flexibility index (Phi) is 4.27. The lowest BCUT2D eigenvalue weighted by Crippen LogP contribution is -2.46. The zero-order valence-corrected chi connectivity index (χ0v) is 12.2. The van der Waals surface area contributed by atoms with E-state index in [1.54, 1.807) is 4.90 Å². The Bertz CT molecular complexity index is 492. The van der Waals surface area contributed by atoms with Crippen molar-refractivity contribution in [1.29, 1.82) is 0 Å². The molecule has 0 aromatic heterocycles. The minimum Gasteiger partial charge on any atom is -0.443 e. The average molecular weight is 275 g/mol. The average Bonchev–Trinajstić information content (AvgIpc) is 2.38. The molecule has 5 nitrogen and oxygen atoms in total. The van der Waals surface area contributed by atoms with Gasteiger partial charge in [0.15, 0.2) is 0 Å². The predicted octanol–water partition coefficient (Wildman–Crippen LogP) is 3.10. The molecule has 1 aromatic rings. The van der Waals surface area contributed by atoms with E-state index in [1.165, 1.54) is 0 Å². The minimum atomic E-state index is -0.508. The number of aliphatic imine (C=N–C) groups is 1. The quantitative estimate of drug-likeness (QED) is 0.857. The fraction of sp³-hybridized carbons (Fsp3) is 0.467. The Hall–Kier alpha value is -2.04. The first-order valence-electron chi connectivity index (χ1n) is 6.83. The van der Waals surface area contributed by atoms with Crippen molar-refractivity contribution in [3.05, 3.63) is 30.3 Å². The molecular formula is C15H21N3O2. The number of nitrogens with zero attached hydrogens (tertiary/aromatic N) is 2. The Morgan fingerprint density at radius 1 is 1.30 bits per heavy atom. The molecule has 1 heterocycles. The number of para-hydroxylation sites is 1. The first-order chi connectivity index (χ1) is 9.46. The van der Waals surface area contributed by atoms with Crippen LogP contribution in [0.2, 0.25) is 0 Å². The number of carbonyl (C=O) groups excluding carboxylic acids is 1. The number of amides is 1. The summed E-state index contributed by atoms with van der Waals surface area (Å²) >= 11 is 0. The van der Waals surface area contributed by atoms with Gasteiger partial charge in [-0.15, -0.1) is 0 Å². The molecule has 108 valence electrons. The van der Waals surface area contributed by atoms with Crippen molar-refractivity contribution in [2.24, 2.45) is 4.99 Å². The number of benzene rings is 1. The fourth-order valence-corrected chi connectivity index (χ4v) is 1.86. The van der Waals surface area contributed by atoms with Crippen LogP contribution in [-0.4, -0.2) is 35.6 Å². The molecule has 0 fully saturated rings. The standard InChI is InChI=1S/C15H21N3O2/c1-15(2,3)20-14(19)18-11-7-10-16-13(18)17-12-8-5-4-6-9-12/h4-6,8-9H,7,10-11H2,1-3H3,(H,16,17). The number of guanidine groups is 1. The lowest BCUT2D eigenvalue weighted by molar-refractivity contribution is 0.0363. The summed E-state index contributed by atoms with van der Waals surface area (Å²) in [6, 6.07) is 9.68. The molecule has 0 saturated carbocycles. The summed E-state index contributed by atoms with van der Waals surface area (Å²) in [4.78, 5) is 18.1. The summed E-state index contributed by atoms with van der Waals surface area (Å²) in [5.41, 5.74) is 0.397. The predicted molar refractivity (Wildman–Crippen MR) is 79.9 cm³/mol. The molecule has 0 aliphatic carbocycles. The van der Waals surface area contributed by atoms with E-state index in [0.717, 1.165) is 12.1 Å². The van der Waals surface area contributed by atoms with E-state index in [1.807, 2.05) is 51.1 Å². The van der Waals surface area contributed by atoms with E-state index < -0.39 is 5.60 Å². The topological polar surface area (TPSA) is 53.9 Å². The maximum Gasteiger partial charge on any atom is 0.417 e. The Morgan fingerprint density at radius 2 is 2.00 bits per heavy atom. The summed E-state index contributed by atoms with van der Waals surface area (Å²) in [5, 5.41) is 3.17. The van der Waals surface area contributed by atoms with Gasteiger partial charge >= 0.3 is 6.09 Å². The van der Waals surface area contributed by atoms with Crippen LogP contribution in [0.15, 0.2) is 35.3 Å². The van der Waals surface area contributed by atoms with Gasteiger partial charge in [-0.1, -0.05) is 18.2 Å². The molecule has 0 bridgehead atoms. The summed E-state index contributed by atoms with van der Waals surface area (Å²) in [6.07, 6.45) is 0.485. The highest BCUT2D eigenvalue weighted by atomic mass is 16.6. The van der Waals surface area contributed by atoms with Gasteiger partial charge in [0.05, 0.1) is 0 Å². The second-order valence-corrected chi connectivity index (χ2v) is 5.68. The molecule has 0 saturated heterocycles. The van der Waals surface area contributed by atoms with Gasteiger partial charge in [-0.2, -0.15) is 0 Å². The molecule has 1 amide bonds. The molecule has 0 atom stereocenters. The van der Waals surface area contributed by atoms with E-state index in [9.17, 15) is 4.79 Å². The van der Waals surface area contributed by atoms with Gasteiger partial charge in [0.1, 0.15) is 5.60 Å². The van der Waals surface area contributed by atoms with Gasteiger partial charge in [0, 0.05) is 18.8 Å². The zero-order chi connectivity index (χ0) is 14.6. The molecule has 5 heteroatoms. The molecule has 0 radical (unpaired) electrons. The largest absolute Gasteiger partial charge is 0.443 e.